The highest BCUT2D eigenvalue weighted by atomic mass is 16.6. The van der Waals surface area contributed by atoms with Crippen molar-refractivity contribution in [3.05, 3.63) is 116 Å². The maximum atomic E-state index is 14.0. The van der Waals surface area contributed by atoms with Crippen LogP contribution in [0.1, 0.15) is 59.1 Å². The fourth-order valence-electron chi connectivity index (χ4n) is 4.86. The average Bonchev–Trinajstić information content (AvgIpc) is 2.96. The number of aromatic nitrogens is 2. The van der Waals surface area contributed by atoms with Crippen molar-refractivity contribution in [1.29, 1.82) is 0 Å². The Morgan fingerprint density at radius 2 is 1.77 bits per heavy atom. The van der Waals surface area contributed by atoms with Gasteiger partial charge in [-0.15, -0.1) is 0 Å². The number of amidine groups is 1. The van der Waals surface area contributed by atoms with Crippen LogP contribution in [0.4, 0.5) is 0 Å². The quantitative estimate of drug-likeness (QED) is 0.120. The Kier molecular flexibility index (Phi) is 9.27. The lowest BCUT2D eigenvalue weighted by molar-refractivity contribution is -0.108. The van der Waals surface area contributed by atoms with Gasteiger partial charge in [0.1, 0.15) is 12.9 Å². The Balaban J connectivity index is 1.74. The topological polar surface area (TPSA) is 85.6 Å². The van der Waals surface area contributed by atoms with Gasteiger partial charge in [-0.05, 0) is 73.6 Å². The first kappa shape index (κ1) is 28.5. The molecule has 4 rings (SSSR count). The van der Waals surface area contributed by atoms with Crippen LogP contribution in [0.3, 0.4) is 0 Å². The minimum atomic E-state index is -0.0170. The molecule has 0 saturated carbocycles. The molecule has 0 aliphatic carbocycles. The first-order valence-electron chi connectivity index (χ1n) is 13.6. The number of unbranched alkanes of at least 4 members (excludes halogenated alkanes) is 1. The summed E-state index contributed by atoms with van der Waals surface area (Å²) in [6, 6.07) is 21.9. The van der Waals surface area contributed by atoms with Gasteiger partial charge >= 0.3 is 0 Å². The second kappa shape index (κ2) is 13.0. The van der Waals surface area contributed by atoms with Crippen molar-refractivity contribution in [2.75, 3.05) is 7.11 Å². The molecule has 1 amide bonds. The van der Waals surface area contributed by atoms with Gasteiger partial charge in [-0.3, -0.25) is 14.2 Å². The number of oxime groups is 1. The van der Waals surface area contributed by atoms with Gasteiger partial charge in [0.2, 0.25) is 6.41 Å². The Labute approximate surface area is 235 Å². The van der Waals surface area contributed by atoms with E-state index in [4.69, 9.17) is 9.82 Å². The molecule has 3 aromatic carbocycles. The molecule has 0 unspecified atom stereocenters. The van der Waals surface area contributed by atoms with Gasteiger partial charge in [-0.2, -0.15) is 0 Å². The summed E-state index contributed by atoms with van der Waals surface area (Å²) in [6.45, 7) is 8.18. The molecule has 4 aromatic rings. The molecule has 0 aliphatic heterocycles. The minimum absolute atomic E-state index is 0.0170. The number of carbonyl (C=O) groups excluding carboxylic acids is 1. The van der Waals surface area contributed by atoms with Crippen molar-refractivity contribution in [2.24, 2.45) is 5.16 Å². The van der Waals surface area contributed by atoms with Crippen molar-refractivity contribution in [3.63, 3.8) is 0 Å². The number of aryl methyl sites for hydroxylation is 4. The molecule has 0 radical (unpaired) electrons. The fourth-order valence-corrected chi connectivity index (χ4v) is 4.86. The number of hydrogen-bond donors (Lipinski definition) is 1. The lowest BCUT2D eigenvalue weighted by Gasteiger charge is -2.17. The highest BCUT2D eigenvalue weighted by Gasteiger charge is 2.17. The van der Waals surface area contributed by atoms with Gasteiger partial charge in [0.05, 0.1) is 11.4 Å². The Morgan fingerprint density at radius 3 is 2.45 bits per heavy atom. The van der Waals surface area contributed by atoms with Crippen LogP contribution in [-0.4, -0.2) is 28.9 Å². The number of nitrogens with zero attached hydrogens (tertiary/aromatic N) is 3. The number of rotatable bonds is 10. The van der Waals surface area contributed by atoms with Crippen LogP contribution in [-0.2, 0) is 22.5 Å². The van der Waals surface area contributed by atoms with Crippen molar-refractivity contribution >= 4 is 12.2 Å². The standard InChI is InChI=1S/C33H36N4O3/c1-6-7-12-31-30(33(39)37(24(4)35-31)27-18-13-22(2)23(3)19-27)20-25-14-16-26(17-15-25)28-10-8-9-11-29(28)32(34-21-38)36-40-5/h8-11,13-19,21H,6-7,12,20H2,1-5H3,(H,34,36,38). The smallest absolute Gasteiger partial charge is 0.261 e. The summed E-state index contributed by atoms with van der Waals surface area (Å²) in [5.74, 6) is 1.03. The van der Waals surface area contributed by atoms with Crippen LogP contribution < -0.4 is 10.9 Å². The van der Waals surface area contributed by atoms with Crippen LogP contribution in [0.2, 0.25) is 0 Å². The molecule has 206 valence electrons. The Morgan fingerprint density at radius 1 is 1.02 bits per heavy atom. The van der Waals surface area contributed by atoms with Gasteiger partial charge < -0.3 is 10.2 Å². The number of carbonyl (C=O) groups is 1. The maximum Gasteiger partial charge on any atom is 0.261 e. The molecule has 1 heterocycles. The minimum Gasteiger partial charge on any atom is -0.397 e. The third kappa shape index (κ3) is 6.20. The van der Waals surface area contributed by atoms with Crippen LogP contribution in [0.5, 0.6) is 0 Å². The summed E-state index contributed by atoms with van der Waals surface area (Å²) in [4.78, 5) is 35.0. The first-order chi connectivity index (χ1) is 19.4. The molecular weight excluding hydrogens is 500 g/mol. The van der Waals surface area contributed by atoms with E-state index in [2.05, 4.69) is 31.2 Å². The SMILES string of the molecule is CCCCc1nc(C)n(-c2ccc(C)c(C)c2)c(=O)c1Cc1ccc(-c2ccccc2/C(=N/OC)NC=O)cc1. The monoisotopic (exact) mass is 536 g/mol. The molecule has 1 aromatic heterocycles. The number of nitrogens with one attached hydrogen (secondary N) is 1. The molecule has 7 nitrogen and oxygen atoms in total. The molecule has 0 fully saturated rings. The zero-order valence-corrected chi connectivity index (χ0v) is 23.8. The van der Waals surface area contributed by atoms with E-state index in [9.17, 15) is 9.59 Å². The lowest BCUT2D eigenvalue weighted by Crippen LogP contribution is -2.28. The van der Waals surface area contributed by atoms with E-state index >= 15 is 0 Å². The second-order valence-corrected chi connectivity index (χ2v) is 9.90. The predicted molar refractivity (Wildman–Crippen MR) is 160 cm³/mol. The van der Waals surface area contributed by atoms with E-state index in [1.165, 1.54) is 12.7 Å². The van der Waals surface area contributed by atoms with Gasteiger partial charge in [0.15, 0.2) is 5.84 Å². The summed E-state index contributed by atoms with van der Waals surface area (Å²) in [5.41, 5.74) is 8.37. The van der Waals surface area contributed by atoms with Crippen LogP contribution in [0.25, 0.3) is 16.8 Å². The Bertz CT molecular complexity index is 1590. The summed E-state index contributed by atoms with van der Waals surface area (Å²) in [7, 11) is 1.44. The number of hydrogen-bond acceptors (Lipinski definition) is 5. The lowest BCUT2D eigenvalue weighted by atomic mass is 9.96. The van der Waals surface area contributed by atoms with Crippen LogP contribution in [0, 0.1) is 20.8 Å². The fraction of sp³-hybridized carbons (Fsp3) is 0.273. The van der Waals surface area contributed by atoms with E-state index < -0.39 is 0 Å². The Hall–Kier alpha value is -4.52. The van der Waals surface area contributed by atoms with E-state index in [1.807, 2.05) is 73.7 Å². The summed E-state index contributed by atoms with van der Waals surface area (Å²) < 4.78 is 1.73. The number of benzene rings is 3. The molecule has 7 heteroatoms. The zero-order valence-electron chi connectivity index (χ0n) is 23.8. The van der Waals surface area contributed by atoms with Gasteiger partial charge in [-0.1, -0.05) is 73.1 Å². The van der Waals surface area contributed by atoms with Gasteiger partial charge in [0.25, 0.3) is 5.56 Å². The van der Waals surface area contributed by atoms with Gasteiger partial charge in [0, 0.05) is 17.5 Å². The van der Waals surface area contributed by atoms with E-state index in [0.29, 0.717) is 24.5 Å². The van der Waals surface area contributed by atoms with Crippen molar-refractivity contribution in [3.8, 4) is 16.8 Å². The molecule has 1 N–H and O–H groups in total. The third-order valence-electron chi connectivity index (χ3n) is 7.15. The highest BCUT2D eigenvalue weighted by Crippen LogP contribution is 2.25. The molecule has 0 spiro atoms. The van der Waals surface area contributed by atoms with E-state index in [0.717, 1.165) is 64.0 Å². The molecule has 0 atom stereocenters. The molecular formula is C33H36N4O3. The molecule has 40 heavy (non-hydrogen) atoms. The largest absolute Gasteiger partial charge is 0.397 e. The van der Waals surface area contributed by atoms with Crippen LogP contribution >= 0.6 is 0 Å². The zero-order chi connectivity index (χ0) is 28.6. The summed E-state index contributed by atoms with van der Waals surface area (Å²) in [6.07, 6.45) is 3.84. The average molecular weight is 537 g/mol. The van der Waals surface area contributed by atoms with Gasteiger partial charge in [-0.25, -0.2) is 4.98 Å². The summed E-state index contributed by atoms with van der Waals surface area (Å²) in [5, 5.41) is 6.58. The van der Waals surface area contributed by atoms with Crippen molar-refractivity contribution in [2.45, 2.75) is 53.4 Å². The summed E-state index contributed by atoms with van der Waals surface area (Å²) >= 11 is 0. The normalized spacial score (nSPS) is 11.4. The molecule has 0 bridgehead atoms. The third-order valence-corrected chi connectivity index (χ3v) is 7.15. The van der Waals surface area contributed by atoms with Crippen LogP contribution in [0.15, 0.2) is 76.7 Å². The second-order valence-electron chi connectivity index (χ2n) is 9.90. The van der Waals surface area contributed by atoms with Crippen molar-refractivity contribution in [1.82, 2.24) is 14.9 Å². The maximum absolute atomic E-state index is 14.0. The first-order valence-corrected chi connectivity index (χ1v) is 13.6. The molecule has 0 aliphatic rings. The van der Waals surface area contributed by atoms with Crippen molar-refractivity contribution < 1.29 is 9.63 Å². The van der Waals surface area contributed by atoms with E-state index in [1.54, 1.807) is 4.57 Å². The van der Waals surface area contributed by atoms with E-state index in [-0.39, 0.29) is 5.56 Å². The molecule has 0 saturated heterocycles. The predicted octanol–water partition coefficient (Wildman–Crippen LogP) is 5.81. The number of amides is 1. The highest BCUT2D eigenvalue weighted by molar-refractivity contribution is 6.08.